The smallest absolute Gasteiger partial charge is 0.231 e. The predicted molar refractivity (Wildman–Crippen MR) is 101 cm³/mol. The van der Waals surface area contributed by atoms with Gasteiger partial charge in [-0.1, -0.05) is 36.4 Å². The molecule has 1 aliphatic heterocycles. The zero-order valence-electron chi connectivity index (χ0n) is 14.1. The predicted octanol–water partition coefficient (Wildman–Crippen LogP) is 3.88. The molecule has 25 heavy (non-hydrogen) atoms. The van der Waals surface area contributed by atoms with E-state index in [2.05, 4.69) is 34.6 Å². The number of carbonyl (C=O) groups excluding carboxylic acids is 1. The molecule has 0 bridgehead atoms. The van der Waals surface area contributed by atoms with Crippen molar-refractivity contribution in [3.8, 4) is 11.1 Å². The summed E-state index contributed by atoms with van der Waals surface area (Å²) in [5.41, 5.74) is 6.41. The van der Waals surface area contributed by atoms with Crippen LogP contribution in [-0.4, -0.2) is 17.9 Å². The highest BCUT2D eigenvalue weighted by Crippen LogP contribution is 2.32. The number of pyridine rings is 1. The van der Waals surface area contributed by atoms with E-state index in [4.69, 9.17) is 0 Å². The lowest BCUT2D eigenvalue weighted by atomic mass is 10.0. The van der Waals surface area contributed by atoms with Gasteiger partial charge in [0.1, 0.15) is 0 Å². The Labute approximate surface area is 147 Å². The van der Waals surface area contributed by atoms with E-state index in [1.54, 1.807) is 4.90 Å². The summed E-state index contributed by atoms with van der Waals surface area (Å²) in [4.78, 5) is 17.9. The quantitative estimate of drug-likeness (QED) is 0.790. The lowest BCUT2D eigenvalue weighted by Gasteiger charge is -2.11. The third kappa shape index (κ3) is 3.11. The highest BCUT2D eigenvalue weighted by atomic mass is 16.2. The molecular weight excluding hydrogens is 310 g/mol. The molecule has 1 N–H and O–H groups in total. The van der Waals surface area contributed by atoms with Crippen molar-refractivity contribution >= 4 is 17.3 Å². The normalized spacial score (nSPS) is 13.0. The molecule has 0 spiro atoms. The molecule has 1 aliphatic rings. The summed E-state index contributed by atoms with van der Waals surface area (Å²) in [7, 11) is 1.82. The van der Waals surface area contributed by atoms with E-state index in [0.717, 1.165) is 34.6 Å². The van der Waals surface area contributed by atoms with Crippen LogP contribution in [0.3, 0.4) is 0 Å². The highest BCUT2D eigenvalue weighted by molar-refractivity contribution is 6.01. The summed E-state index contributed by atoms with van der Waals surface area (Å²) in [5.74, 6) is 0.142. The largest absolute Gasteiger partial charge is 0.380 e. The fourth-order valence-electron chi connectivity index (χ4n) is 3.14. The summed E-state index contributed by atoms with van der Waals surface area (Å²) in [6, 6.07) is 18.5. The van der Waals surface area contributed by atoms with E-state index < -0.39 is 0 Å². The average molecular weight is 329 g/mol. The van der Waals surface area contributed by atoms with Crippen molar-refractivity contribution < 1.29 is 4.79 Å². The van der Waals surface area contributed by atoms with Crippen molar-refractivity contribution in [3.05, 3.63) is 78.1 Å². The number of likely N-dealkylation sites (N-methyl/N-ethyl adjacent to an activating group) is 1. The minimum Gasteiger partial charge on any atom is -0.380 e. The van der Waals surface area contributed by atoms with Gasteiger partial charge in [-0.25, -0.2) is 0 Å². The minimum absolute atomic E-state index is 0.142. The van der Waals surface area contributed by atoms with Gasteiger partial charge in [-0.05, 0) is 34.9 Å². The Morgan fingerprint density at radius 2 is 1.88 bits per heavy atom. The van der Waals surface area contributed by atoms with Crippen LogP contribution in [0.4, 0.5) is 11.4 Å². The molecule has 124 valence electrons. The van der Waals surface area contributed by atoms with E-state index >= 15 is 0 Å². The molecule has 3 aromatic rings. The van der Waals surface area contributed by atoms with Crippen LogP contribution in [0.25, 0.3) is 11.1 Å². The van der Waals surface area contributed by atoms with Gasteiger partial charge in [0.25, 0.3) is 0 Å². The van der Waals surface area contributed by atoms with Crippen molar-refractivity contribution in [2.45, 2.75) is 13.0 Å². The molecule has 4 rings (SSSR count). The molecule has 2 heterocycles. The average Bonchev–Trinajstić information content (AvgIpc) is 2.95. The number of amides is 1. The number of aromatic nitrogens is 1. The fraction of sp³-hybridized carbons (Fsp3) is 0.143. The molecule has 0 unspecified atom stereocenters. The molecule has 4 nitrogen and oxygen atoms in total. The molecule has 4 heteroatoms. The number of nitrogens with one attached hydrogen (secondary N) is 1. The molecule has 1 amide bonds. The second-order valence-corrected chi connectivity index (χ2v) is 6.27. The van der Waals surface area contributed by atoms with E-state index in [1.165, 1.54) is 5.56 Å². The summed E-state index contributed by atoms with van der Waals surface area (Å²) in [5, 5.41) is 3.41. The number of hydrogen-bond acceptors (Lipinski definition) is 3. The van der Waals surface area contributed by atoms with Crippen molar-refractivity contribution in [3.63, 3.8) is 0 Å². The summed E-state index contributed by atoms with van der Waals surface area (Å²) < 4.78 is 0. The van der Waals surface area contributed by atoms with Crippen LogP contribution in [0.5, 0.6) is 0 Å². The van der Waals surface area contributed by atoms with Crippen LogP contribution in [0.15, 0.2) is 67.0 Å². The lowest BCUT2D eigenvalue weighted by Crippen LogP contribution is -2.20. The van der Waals surface area contributed by atoms with Gasteiger partial charge >= 0.3 is 0 Å². The first-order chi connectivity index (χ1) is 12.2. The summed E-state index contributed by atoms with van der Waals surface area (Å²) in [6.07, 6.45) is 4.16. The van der Waals surface area contributed by atoms with E-state index in [-0.39, 0.29) is 5.91 Å². The zero-order valence-corrected chi connectivity index (χ0v) is 14.1. The summed E-state index contributed by atoms with van der Waals surface area (Å²) in [6.45, 7) is 0.759. The molecule has 1 aromatic heterocycles. The van der Waals surface area contributed by atoms with Crippen molar-refractivity contribution in [1.82, 2.24) is 4.98 Å². The van der Waals surface area contributed by atoms with E-state index in [0.29, 0.717) is 6.42 Å². The maximum Gasteiger partial charge on any atom is 0.231 e. The number of benzene rings is 2. The van der Waals surface area contributed by atoms with Crippen LogP contribution in [0, 0.1) is 0 Å². The minimum atomic E-state index is 0.142. The Balaban J connectivity index is 1.56. The molecule has 0 atom stereocenters. The van der Waals surface area contributed by atoms with E-state index in [1.807, 2.05) is 49.8 Å². The maximum absolute atomic E-state index is 11.9. The molecule has 0 saturated carbocycles. The van der Waals surface area contributed by atoms with Gasteiger partial charge in [0, 0.05) is 37.2 Å². The molecule has 0 saturated heterocycles. The first-order valence-electron chi connectivity index (χ1n) is 8.33. The number of anilines is 2. The second-order valence-electron chi connectivity index (χ2n) is 6.27. The molecule has 0 fully saturated rings. The van der Waals surface area contributed by atoms with Gasteiger partial charge in [0.05, 0.1) is 12.1 Å². The second kappa shape index (κ2) is 6.40. The maximum atomic E-state index is 11.9. The standard InChI is InChI=1S/C21H19N3O/c1-24-20-8-7-16(9-17(20)11-21(24)25)18-10-19(14-22-13-18)23-12-15-5-3-2-4-6-15/h2-10,13-14,23H,11-12H2,1H3. The van der Waals surface area contributed by atoms with Crippen LogP contribution >= 0.6 is 0 Å². The Morgan fingerprint density at radius 3 is 2.72 bits per heavy atom. The van der Waals surface area contributed by atoms with Crippen LogP contribution in [-0.2, 0) is 17.8 Å². The third-order valence-electron chi connectivity index (χ3n) is 4.57. The lowest BCUT2D eigenvalue weighted by molar-refractivity contribution is -0.117. The van der Waals surface area contributed by atoms with Gasteiger partial charge < -0.3 is 10.2 Å². The van der Waals surface area contributed by atoms with Gasteiger partial charge in [-0.2, -0.15) is 0 Å². The van der Waals surface area contributed by atoms with Crippen molar-refractivity contribution in [2.75, 3.05) is 17.3 Å². The number of nitrogens with zero attached hydrogens (tertiary/aromatic N) is 2. The summed E-state index contributed by atoms with van der Waals surface area (Å²) >= 11 is 0. The highest BCUT2D eigenvalue weighted by Gasteiger charge is 2.23. The number of carbonyl (C=O) groups is 1. The number of fused-ring (bicyclic) bond motifs is 1. The first-order valence-corrected chi connectivity index (χ1v) is 8.33. The van der Waals surface area contributed by atoms with Crippen LogP contribution in [0.2, 0.25) is 0 Å². The zero-order chi connectivity index (χ0) is 17.2. The van der Waals surface area contributed by atoms with E-state index in [9.17, 15) is 4.79 Å². The Morgan fingerprint density at radius 1 is 1.04 bits per heavy atom. The first kappa shape index (κ1) is 15.4. The number of hydrogen-bond donors (Lipinski definition) is 1. The Bertz CT molecular complexity index is 921. The van der Waals surface area contributed by atoms with Gasteiger partial charge in [-0.3, -0.25) is 9.78 Å². The fourth-order valence-corrected chi connectivity index (χ4v) is 3.14. The third-order valence-corrected chi connectivity index (χ3v) is 4.57. The monoisotopic (exact) mass is 329 g/mol. The SMILES string of the molecule is CN1C(=O)Cc2cc(-c3cncc(NCc4ccccc4)c3)ccc21. The Hall–Kier alpha value is -3.14. The molecule has 0 aliphatic carbocycles. The van der Waals surface area contributed by atoms with Gasteiger partial charge in [0.15, 0.2) is 0 Å². The van der Waals surface area contributed by atoms with Crippen LogP contribution < -0.4 is 10.2 Å². The van der Waals surface area contributed by atoms with Gasteiger partial charge in [0.2, 0.25) is 5.91 Å². The van der Waals surface area contributed by atoms with Gasteiger partial charge in [-0.15, -0.1) is 0 Å². The van der Waals surface area contributed by atoms with Crippen molar-refractivity contribution in [1.29, 1.82) is 0 Å². The molecule has 0 radical (unpaired) electrons. The Kier molecular flexibility index (Phi) is 3.94. The molecular formula is C21H19N3O. The molecule has 2 aromatic carbocycles. The number of rotatable bonds is 4. The topological polar surface area (TPSA) is 45.2 Å². The van der Waals surface area contributed by atoms with Crippen molar-refractivity contribution in [2.24, 2.45) is 0 Å². The van der Waals surface area contributed by atoms with Crippen LogP contribution in [0.1, 0.15) is 11.1 Å².